The summed E-state index contributed by atoms with van der Waals surface area (Å²) < 4.78 is 0.656. The van der Waals surface area contributed by atoms with Crippen molar-refractivity contribution in [2.24, 2.45) is 5.41 Å². The first kappa shape index (κ1) is 15.8. The van der Waals surface area contributed by atoms with Crippen molar-refractivity contribution in [1.29, 1.82) is 0 Å². The molecule has 0 radical (unpaired) electrons. The van der Waals surface area contributed by atoms with Crippen LogP contribution in [-0.4, -0.2) is 23.1 Å². The maximum atomic E-state index is 12.0. The van der Waals surface area contributed by atoms with Gasteiger partial charge in [-0.15, -0.1) is 0 Å². The van der Waals surface area contributed by atoms with E-state index in [2.05, 4.69) is 40.4 Å². The van der Waals surface area contributed by atoms with E-state index in [4.69, 9.17) is 5.11 Å². The molecule has 6 heteroatoms. The zero-order valence-corrected chi connectivity index (χ0v) is 13.7. The van der Waals surface area contributed by atoms with Crippen molar-refractivity contribution in [3.63, 3.8) is 0 Å². The maximum Gasteiger partial charge on any atom is 0.337 e. The molecule has 0 bridgehead atoms. The van der Waals surface area contributed by atoms with Gasteiger partial charge in [-0.25, -0.2) is 9.59 Å². The fourth-order valence-electron chi connectivity index (χ4n) is 2.71. The molecule has 3 N–H and O–H groups in total. The number of anilines is 1. The van der Waals surface area contributed by atoms with Gasteiger partial charge in [0.2, 0.25) is 0 Å². The Hall–Kier alpha value is -1.56. The van der Waals surface area contributed by atoms with Gasteiger partial charge in [0.15, 0.2) is 0 Å². The minimum atomic E-state index is -1.08. The lowest BCUT2D eigenvalue weighted by atomic mass is 9.92. The summed E-state index contributed by atoms with van der Waals surface area (Å²) in [4.78, 5) is 23.2. The third kappa shape index (κ3) is 4.20. The van der Waals surface area contributed by atoms with Crippen LogP contribution >= 0.6 is 15.9 Å². The molecule has 0 aliphatic heterocycles. The Morgan fingerprint density at radius 1 is 1.38 bits per heavy atom. The number of halogens is 1. The molecule has 1 aliphatic carbocycles. The molecule has 0 saturated heterocycles. The third-order valence-electron chi connectivity index (χ3n) is 3.76. The molecule has 1 aliphatic rings. The van der Waals surface area contributed by atoms with Crippen LogP contribution in [0.3, 0.4) is 0 Å². The van der Waals surface area contributed by atoms with Gasteiger partial charge in [0, 0.05) is 10.5 Å². The lowest BCUT2D eigenvalue weighted by Gasteiger charge is -2.18. The molecule has 1 aromatic carbocycles. The number of hydrogen-bond donors (Lipinski definition) is 3. The zero-order chi connectivity index (χ0) is 15.6. The second kappa shape index (κ2) is 6.05. The van der Waals surface area contributed by atoms with Crippen LogP contribution in [0, 0.1) is 5.41 Å². The quantitative estimate of drug-likeness (QED) is 0.771. The molecule has 1 atom stereocenters. The highest BCUT2D eigenvalue weighted by Gasteiger charge is 2.31. The SMILES string of the molecule is CC1(C)CCC(NC(=O)Nc2ccc(Br)cc2C(=O)O)C1. The summed E-state index contributed by atoms with van der Waals surface area (Å²) in [5, 5.41) is 14.7. The van der Waals surface area contributed by atoms with Gasteiger partial charge in [-0.05, 0) is 42.9 Å². The highest BCUT2D eigenvalue weighted by molar-refractivity contribution is 9.10. The van der Waals surface area contributed by atoms with Crippen LogP contribution in [0.15, 0.2) is 22.7 Å². The molecule has 0 aromatic heterocycles. The summed E-state index contributed by atoms with van der Waals surface area (Å²) in [6, 6.07) is 4.52. The van der Waals surface area contributed by atoms with Gasteiger partial charge >= 0.3 is 12.0 Å². The van der Waals surface area contributed by atoms with Gasteiger partial charge in [-0.1, -0.05) is 29.8 Å². The lowest BCUT2D eigenvalue weighted by molar-refractivity contribution is 0.0698. The molecule has 21 heavy (non-hydrogen) atoms. The smallest absolute Gasteiger partial charge is 0.337 e. The summed E-state index contributed by atoms with van der Waals surface area (Å²) in [6.45, 7) is 4.37. The summed E-state index contributed by atoms with van der Waals surface area (Å²) in [5.41, 5.74) is 0.605. The van der Waals surface area contributed by atoms with Crippen molar-refractivity contribution in [3.8, 4) is 0 Å². The number of carboxylic acids is 1. The van der Waals surface area contributed by atoms with Gasteiger partial charge in [-0.3, -0.25) is 0 Å². The number of carbonyl (C=O) groups is 2. The molecule has 114 valence electrons. The number of benzene rings is 1. The van der Waals surface area contributed by atoms with E-state index in [-0.39, 0.29) is 23.1 Å². The topological polar surface area (TPSA) is 78.4 Å². The van der Waals surface area contributed by atoms with Gasteiger partial charge in [0.05, 0.1) is 11.3 Å². The molecular weight excluding hydrogens is 336 g/mol. The Morgan fingerprint density at radius 2 is 2.10 bits per heavy atom. The van der Waals surface area contributed by atoms with Crippen LogP contribution in [0.25, 0.3) is 0 Å². The van der Waals surface area contributed by atoms with Crippen LogP contribution in [0.1, 0.15) is 43.5 Å². The number of amides is 2. The van der Waals surface area contributed by atoms with Crippen molar-refractivity contribution in [2.75, 3.05) is 5.32 Å². The van der Waals surface area contributed by atoms with Crippen molar-refractivity contribution in [3.05, 3.63) is 28.2 Å². The van der Waals surface area contributed by atoms with E-state index in [1.54, 1.807) is 12.1 Å². The molecule has 2 amide bonds. The summed E-state index contributed by atoms with van der Waals surface area (Å²) in [6.07, 6.45) is 2.97. The molecule has 0 heterocycles. The van der Waals surface area contributed by atoms with Crippen LogP contribution in [0.4, 0.5) is 10.5 Å². The number of hydrogen-bond acceptors (Lipinski definition) is 2. The predicted molar refractivity (Wildman–Crippen MR) is 84.7 cm³/mol. The van der Waals surface area contributed by atoms with Crippen molar-refractivity contribution >= 4 is 33.6 Å². The van der Waals surface area contributed by atoms with Gasteiger partial charge in [0.1, 0.15) is 0 Å². The molecular formula is C15H19BrN2O3. The molecule has 1 fully saturated rings. The van der Waals surface area contributed by atoms with Crippen molar-refractivity contribution in [2.45, 2.75) is 39.2 Å². The van der Waals surface area contributed by atoms with E-state index in [1.807, 2.05) is 0 Å². The Kier molecular flexibility index (Phi) is 4.56. The number of carbonyl (C=O) groups excluding carboxylic acids is 1. The zero-order valence-electron chi connectivity index (χ0n) is 12.1. The van der Waals surface area contributed by atoms with E-state index in [0.29, 0.717) is 10.2 Å². The van der Waals surface area contributed by atoms with Crippen LogP contribution in [-0.2, 0) is 0 Å². The fourth-order valence-corrected chi connectivity index (χ4v) is 3.07. The van der Waals surface area contributed by atoms with E-state index >= 15 is 0 Å². The summed E-state index contributed by atoms with van der Waals surface area (Å²) in [7, 11) is 0. The van der Waals surface area contributed by atoms with E-state index in [0.717, 1.165) is 19.3 Å². The highest BCUT2D eigenvalue weighted by Crippen LogP contribution is 2.36. The lowest BCUT2D eigenvalue weighted by Crippen LogP contribution is -2.37. The minimum Gasteiger partial charge on any atom is -0.478 e. The predicted octanol–water partition coefficient (Wildman–Crippen LogP) is 3.85. The highest BCUT2D eigenvalue weighted by atomic mass is 79.9. The monoisotopic (exact) mass is 354 g/mol. The largest absolute Gasteiger partial charge is 0.478 e. The average molecular weight is 355 g/mol. The van der Waals surface area contributed by atoms with Gasteiger partial charge in [0.25, 0.3) is 0 Å². The summed E-state index contributed by atoms with van der Waals surface area (Å²) >= 11 is 3.22. The third-order valence-corrected chi connectivity index (χ3v) is 4.26. The van der Waals surface area contributed by atoms with Gasteiger partial charge < -0.3 is 15.7 Å². The van der Waals surface area contributed by atoms with Crippen molar-refractivity contribution < 1.29 is 14.7 Å². The van der Waals surface area contributed by atoms with Crippen LogP contribution in [0.2, 0.25) is 0 Å². The molecule has 1 aromatic rings. The van der Waals surface area contributed by atoms with E-state index in [1.165, 1.54) is 6.07 Å². The number of carboxylic acid groups (broad SMARTS) is 1. The van der Waals surface area contributed by atoms with Crippen LogP contribution in [0.5, 0.6) is 0 Å². The number of nitrogens with one attached hydrogen (secondary N) is 2. The second-order valence-electron chi connectivity index (χ2n) is 6.20. The fraction of sp³-hybridized carbons (Fsp3) is 0.467. The number of urea groups is 1. The van der Waals surface area contributed by atoms with E-state index in [9.17, 15) is 9.59 Å². The Morgan fingerprint density at radius 3 is 2.67 bits per heavy atom. The van der Waals surface area contributed by atoms with Crippen LogP contribution < -0.4 is 10.6 Å². The standard InChI is InChI=1S/C15H19BrN2O3/c1-15(2)6-5-10(8-15)17-14(21)18-12-4-3-9(16)7-11(12)13(19)20/h3-4,7,10H,5-6,8H2,1-2H3,(H,19,20)(H2,17,18,21). The minimum absolute atomic E-state index is 0.0614. The Balaban J connectivity index is 2.02. The number of rotatable bonds is 3. The average Bonchev–Trinajstić information content (AvgIpc) is 2.70. The molecule has 2 rings (SSSR count). The second-order valence-corrected chi connectivity index (χ2v) is 7.11. The number of aromatic carboxylic acids is 1. The normalized spacial score (nSPS) is 20.0. The van der Waals surface area contributed by atoms with Crippen molar-refractivity contribution in [1.82, 2.24) is 5.32 Å². The Labute approximate surface area is 132 Å². The molecule has 0 spiro atoms. The van der Waals surface area contributed by atoms with Gasteiger partial charge in [-0.2, -0.15) is 0 Å². The first-order chi connectivity index (χ1) is 9.77. The molecule has 5 nitrogen and oxygen atoms in total. The molecule has 1 saturated carbocycles. The Bertz CT molecular complexity index is 572. The summed E-state index contributed by atoms with van der Waals surface area (Å²) in [5.74, 6) is -1.08. The molecule has 1 unspecified atom stereocenters. The van der Waals surface area contributed by atoms with E-state index < -0.39 is 5.97 Å². The first-order valence-corrected chi connectivity index (χ1v) is 7.66. The maximum absolute atomic E-state index is 12.0. The first-order valence-electron chi connectivity index (χ1n) is 6.87.